The van der Waals surface area contributed by atoms with Crippen LogP contribution >= 0.6 is 0 Å². The first-order valence-corrected chi connectivity index (χ1v) is 6.20. The van der Waals surface area contributed by atoms with E-state index >= 15 is 0 Å². The van der Waals surface area contributed by atoms with E-state index < -0.39 is 0 Å². The second-order valence-electron chi connectivity index (χ2n) is 4.70. The number of tetrazole rings is 1. The van der Waals surface area contributed by atoms with Crippen molar-refractivity contribution < 1.29 is 0 Å². The predicted molar refractivity (Wildman–Crippen MR) is 64.3 cm³/mol. The summed E-state index contributed by atoms with van der Waals surface area (Å²) in [6.45, 7) is 0. The molecule has 0 N–H and O–H groups in total. The second-order valence-corrected chi connectivity index (χ2v) is 4.70. The Morgan fingerprint density at radius 3 is 2.82 bits per heavy atom. The maximum absolute atomic E-state index is 4.18. The van der Waals surface area contributed by atoms with Gasteiger partial charge in [-0.3, -0.25) is 0 Å². The Kier molecular flexibility index (Phi) is 2.86. The summed E-state index contributed by atoms with van der Waals surface area (Å²) in [5, 5.41) is 12.0. The molecular weight excluding hydrogens is 212 g/mol. The lowest BCUT2D eigenvalue weighted by Gasteiger charge is -2.18. The molecular formula is C13H16N4. The molecule has 1 aliphatic carbocycles. The Morgan fingerprint density at radius 2 is 2.06 bits per heavy atom. The molecule has 0 saturated heterocycles. The van der Waals surface area contributed by atoms with Crippen LogP contribution in [0.25, 0.3) is 0 Å². The number of hydrogen-bond acceptors (Lipinski definition) is 3. The van der Waals surface area contributed by atoms with Crippen molar-refractivity contribution in [1.82, 2.24) is 20.2 Å². The van der Waals surface area contributed by atoms with Gasteiger partial charge in [-0.05, 0) is 36.0 Å². The van der Waals surface area contributed by atoms with Crippen molar-refractivity contribution in [2.45, 2.75) is 31.7 Å². The SMILES string of the molecule is c1ccc(CC2CCCC2n2ncnn2)cc1. The van der Waals surface area contributed by atoms with Crippen molar-refractivity contribution in [3.8, 4) is 0 Å². The maximum atomic E-state index is 4.18. The van der Waals surface area contributed by atoms with Gasteiger partial charge in [0.25, 0.3) is 0 Å². The smallest absolute Gasteiger partial charge is 0.161 e. The quantitative estimate of drug-likeness (QED) is 0.809. The molecule has 1 heterocycles. The van der Waals surface area contributed by atoms with Crippen LogP contribution in [0.15, 0.2) is 36.7 Å². The van der Waals surface area contributed by atoms with E-state index in [1.165, 1.54) is 31.2 Å². The Labute approximate surface area is 101 Å². The van der Waals surface area contributed by atoms with Crippen LogP contribution in [0.2, 0.25) is 0 Å². The molecule has 4 heteroatoms. The fraction of sp³-hybridized carbons (Fsp3) is 0.462. The molecule has 88 valence electrons. The Hall–Kier alpha value is -1.71. The summed E-state index contributed by atoms with van der Waals surface area (Å²) in [5.74, 6) is 0.645. The molecule has 2 aromatic rings. The van der Waals surface area contributed by atoms with E-state index in [-0.39, 0.29) is 0 Å². The third-order valence-corrected chi connectivity index (χ3v) is 3.62. The zero-order chi connectivity index (χ0) is 11.5. The highest BCUT2D eigenvalue weighted by Gasteiger charge is 2.30. The molecule has 0 spiro atoms. The molecule has 1 saturated carbocycles. The average molecular weight is 228 g/mol. The van der Waals surface area contributed by atoms with Crippen molar-refractivity contribution in [1.29, 1.82) is 0 Å². The van der Waals surface area contributed by atoms with Gasteiger partial charge in [-0.15, -0.1) is 10.2 Å². The lowest BCUT2D eigenvalue weighted by Crippen LogP contribution is -2.18. The maximum Gasteiger partial charge on any atom is 0.162 e. The summed E-state index contributed by atoms with van der Waals surface area (Å²) in [5.41, 5.74) is 1.41. The van der Waals surface area contributed by atoms with E-state index in [0.717, 1.165) is 6.42 Å². The van der Waals surface area contributed by atoms with Crippen LogP contribution in [0.1, 0.15) is 30.9 Å². The van der Waals surface area contributed by atoms with Crippen molar-refractivity contribution in [3.05, 3.63) is 42.2 Å². The van der Waals surface area contributed by atoms with Crippen LogP contribution in [0.5, 0.6) is 0 Å². The highest BCUT2D eigenvalue weighted by Crippen LogP contribution is 2.36. The van der Waals surface area contributed by atoms with Crippen LogP contribution in [-0.4, -0.2) is 20.2 Å². The number of rotatable bonds is 3. The zero-order valence-corrected chi connectivity index (χ0v) is 9.74. The Morgan fingerprint density at radius 1 is 1.18 bits per heavy atom. The second kappa shape index (κ2) is 4.65. The zero-order valence-electron chi connectivity index (χ0n) is 9.74. The molecule has 1 aliphatic rings. The summed E-state index contributed by atoms with van der Waals surface area (Å²) < 4.78 is 0. The molecule has 1 fully saturated rings. The molecule has 4 nitrogen and oxygen atoms in total. The third-order valence-electron chi connectivity index (χ3n) is 3.62. The monoisotopic (exact) mass is 228 g/mol. The lowest BCUT2D eigenvalue weighted by molar-refractivity contribution is 0.312. The van der Waals surface area contributed by atoms with Gasteiger partial charge in [0.2, 0.25) is 0 Å². The molecule has 1 aromatic heterocycles. The molecule has 1 aromatic carbocycles. The fourth-order valence-corrected chi connectivity index (χ4v) is 2.80. The molecule has 2 atom stereocenters. The number of nitrogens with zero attached hydrogens (tertiary/aromatic N) is 4. The van der Waals surface area contributed by atoms with Gasteiger partial charge < -0.3 is 0 Å². The summed E-state index contributed by atoms with van der Waals surface area (Å²) >= 11 is 0. The third kappa shape index (κ3) is 2.20. The van der Waals surface area contributed by atoms with Gasteiger partial charge in [-0.1, -0.05) is 36.8 Å². The van der Waals surface area contributed by atoms with Crippen LogP contribution in [0, 0.1) is 5.92 Å². The molecule has 0 radical (unpaired) electrons. The Balaban J connectivity index is 1.75. The van der Waals surface area contributed by atoms with Crippen LogP contribution < -0.4 is 0 Å². The van der Waals surface area contributed by atoms with E-state index in [1.54, 1.807) is 4.80 Å². The minimum Gasteiger partial charge on any atom is -0.161 e. The summed E-state index contributed by atoms with van der Waals surface area (Å²) in [4.78, 5) is 1.79. The first-order valence-electron chi connectivity index (χ1n) is 6.20. The number of hydrogen-bond donors (Lipinski definition) is 0. The molecule has 17 heavy (non-hydrogen) atoms. The number of aromatic nitrogens is 4. The summed E-state index contributed by atoms with van der Waals surface area (Å²) in [7, 11) is 0. The minimum atomic E-state index is 0.428. The van der Waals surface area contributed by atoms with Crippen LogP contribution in [-0.2, 0) is 6.42 Å². The lowest BCUT2D eigenvalue weighted by atomic mass is 9.95. The summed E-state index contributed by atoms with van der Waals surface area (Å²) in [6, 6.07) is 11.1. The van der Waals surface area contributed by atoms with Crippen molar-refractivity contribution in [2.75, 3.05) is 0 Å². The van der Waals surface area contributed by atoms with Gasteiger partial charge in [0.15, 0.2) is 6.33 Å². The van der Waals surface area contributed by atoms with Crippen molar-refractivity contribution in [3.63, 3.8) is 0 Å². The van der Waals surface area contributed by atoms with Crippen LogP contribution in [0.3, 0.4) is 0 Å². The molecule has 0 bridgehead atoms. The van der Waals surface area contributed by atoms with E-state index in [9.17, 15) is 0 Å². The average Bonchev–Trinajstić information content (AvgIpc) is 3.00. The van der Waals surface area contributed by atoms with Gasteiger partial charge >= 0.3 is 0 Å². The molecule has 0 aliphatic heterocycles. The summed E-state index contributed by atoms with van der Waals surface area (Å²) in [6.07, 6.45) is 6.35. The van der Waals surface area contributed by atoms with E-state index in [1.807, 2.05) is 0 Å². The minimum absolute atomic E-state index is 0.428. The van der Waals surface area contributed by atoms with Gasteiger partial charge in [0.05, 0.1) is 6.04 Å². The molecule has 2 unspecified atom stereocenters. The van der Waals surface area contributed by atoms with E-state index in [0.29, 0.717) is 12.0 Å². The van der Waals surface area contributed by atoms with Gasteiger partial charge in [-0.25, -0.2) is 0 Å². The number of benzene rings is 1. The van der Waals surface area contributed by atoms with Gasteiger partial charge in [0.1, 0.15) is 0 Å². The van der Waals surface area contributed by atoms with Crippen molar-refractivity contribution >= 4 is 0 Å². The molecule has 0 amide bonds. The molecule has 3 rings (SSSR count). The largest absolute Gasteiger partial charge is 0.162 e. The first kappa shape index (κ1) is 10.4. The highest BCUT2D eigenvalue weighted by molar-refractivity contribution is 5.15. The van der Waals surface area contributed by atoms with Crippen molar-refractivity contribution in [2.24, 2.45) is 5.92 Å². The standard InChI is InChI=1S/C13H16N4/c1-2-5-11(6-3-1)9-12-7-4-8-13(12)17-15-10-14-16-17/h1-3,5-6,10,12-13H,4,7-9H2. The van der Waals surface area contributed by atoms with E-state index in [4.69, 9.17) is 0 Å². The fourth-order valence-electron chi connectivity index (χ4n) is 2.80. The predicted octanol–water partition coefficient (Wildman–Crippen LogP) is 2.26. The highest BCUT2D eigenvalue weighted by atomic mass is 15.6. The normalized spacial score (nSPS) is 24.0. The topological polar surface area (TPSA) is 43.6 Å². The first-order chi connectivity index (χ1) is 8.43. The van der Waals surface area contributed by atoms with Gasteiger partial charge in [-0.2, -0.15) is 4.80 Å². The van der Waals surface area contributed by atoms with E-state index in [2.05, 4.69) is 45.7 Å². The Bertz CT molecular complexity index is 452. The van der Waals surface area contributed by atoms with Gasteiger partial charge in [0, 0.05) is 0 Å². The van der Waals surface area contributed by atoms with Crippen LogP contribution in [0.4, 0.5) is 0 Å².